The number of carbonyl (C=O) groups is 9. The highest BCUT2D eigenvalue weighted by Crippen LogP contribution is 2.34. The van der Waals surface area contributed by atoms with Crippen molar-refractivity contribution in [3.63, 3.8) is 0 Å². The minimum Gasteiger partial charge on any atom is -0.494 e. The Labute approximate surface area is 428 Å². The molecular formula is C54H62O20. The molecule has 74 heavy (non-hydrogen) atoms. The summed E-state index contributed by atoms with van der Waals surface area (Å²) in [5.41, 5.74) is -0.0971. The van der Waals surface area contributed by atoms with Crippen LogP contribution >= 0.6 is 0 Å². The van der Waals surface area contributed by atoms with Gasteiger partial charge in [0.1, 0.15) is 53.6 Å². The van der Waals surface area contributed by atoms with E-state index in [0.29, 0.717) is 38.4 Å². The zero-order valence-corrected chi connectivity index (χ0v) is 41.8. The van der Waals surface area contributed by atoms with Crippen LogP contribution in [0.15, 0.2) is 86.0 Å². The maximum Gasteiger partial charge on any atom is 0.343 e. The van der Waals surface area contributed by atoms with Gasteiger partial charge in [-0.05, 0) is 120 Å². The average Bonchev–Trinajstić information content (AvgIpc) is 3.40. The van der Waals surface area contributed by atoms with Crippen molar-refractivity contribution < 1.29 is 95.3 Å². The first kappa shape index (κ1) is 58.9. The second-order valence-electron chi connectivity index (χ2n) is 16.4. The molecule has 3 aromatic carbocycles. The lowest BCUT2D eigenvalue weighted by atomic mass is 9.82. The SMILES string of the molecule is C=CC(=O)OCCCCOc1ccc(C(=O)Oc2ccc(OC(=O)C3CCC(C(=O)Oc4ccc(OC(=O)CCC(=O)OCC(C)OC(=O)C=C)c(C(=O)CCOCC)c4)CC3)cc2C(=O)OCCOCC)cc1. The van der Waals surface area contributed by atoms with E-state index in [4.69, 9.17) is 52.1 Å². The third-order valence-electron chi connectivity index (χ3n) is 10.8. The summed E-state index contributed by atoms with van der Waals surface area (Å²) < 4.78 is 59.0. The summed E-state index contributed by atoms with van der Waals surface area (Å²) in [7, 11) is 0. The van der Waals surface area contributed by atoms with Crippen LogP contribution in [0, 0.1) is 11.8 Å². The van der Waals surface area contributed by atoms with E-state index in [2.05, 4.69) is 13.2 Å². The molecule has 0 saturated heterocycles. The topological polar surface area (TPSA) is 255 Å². The third-order valence-corrected chi connectivity index (χ3v) is 10.8. The van der Waals surface area contributed by atoms with Crippen molar-refractivity contribution in [1.82, 2.24) is 0 Å². The summed E-state index contributed by atoms with van der Waals surface area (Å²) in [5, 5.41) is 0. The predicted octanol–water partition coefficient (Wildman–Crippen LogP) is 7.26. The van der Waals surface area contributed by atoms with Crippen molar-refractivity contribution >= 4 is 53.5 Å². The first-order valence-corrected chi connectivity index (χ1v) is 24.1. The summed E-state index contributed by atoms with van der Waals surface area (Å²) in [4.78, 5) is 114. The molecule has 1 unspecified atom stereocenters. The van der Waals surface area contributed by atoms with Crippen LogP contribution in [0.2, 0.25) is 0 Å². The van der Waals surface area contributed by atoms with Gasteiger partial charge in [-0.1, -0.05) is 13.2 Å². The second kappa shape index (κ2) is 31.7. The Bertz CT molecular complexity index is 2430. The van der Waals surface area contributed by atoms with Gasteiger partial charge in [0.15, 0.2) is 5.78 Å². The van der Waals surface area contributed by atoms with Gasteiger partial charge < -0.3 is 52.1 Å². The average molecular weight is 1030 g/mol. The standard InChI is InChI=1S/C54H62O20/c1-6-47(56)67-28-11-10-27-66-39-18-16-38(17-19-39)53(62)74-46-23-21-41(33-43(46)54(63)68-31-30-65-9-4)72-52(61)37-14-12-36(13-15-37)51(60)71-40-20-22-45(42(32-40)44(55)26-29-64-8-3)73-50(59)25-24-49(58)69-34-35(5)70-48(57)7-2/h6-7,16-23,32-33,35-37H,1-2,8-15,24-31,34H2,3-5H3. The van der Waals surface area contributed by atoms with E-state index in [-0.39, 0.29) is 111 Å². The molecule has 0 heterocycles. The first-order valence-electron chi connectivity index (χ1n) is 24.1. The number of unbranched alkanes of at least 4 members (excludes halogenated alkanes) is 1. The van der Waals surface area contributed by atoms with Gasteiger partial charge in [-0.25, -0.2) is 19.2 Å². The highest BCUT2D eigenvalue weighted by molar-refractivity contribution is 6.00. The van der Waals surface area contributed by atoms with Crippen LogP contribution in [0.25, 0.3) is 0 Å². The molecule has 1 atom stereocenters. The quantitative estimate of drug-likeness (QED) is 0.0153. The summed E-state index contributed by atoms with van der Waals surface area (Å²) in [6.45, 7) is 12.9. The van der Waals surface area contributed by atoms with E-state index in [0.717, 1.165) is 12.2 Å². The minimum absolute atomic E-state index is 0.00476. The zero-order chi connectivity index (χ0) is 53.8. The van der Waals surface area contributed by atoms with Gasteiger partial charge in [-0.2, -0.15) is 0 Å². The Morgan fingerprint density at radius 1 is 0.554 bits per heavy atom. The molecule has 398 valence electrons. The van der Waals surface area contributed by atoms with Crippen molar-refractivity contribution in [2.75, 3.05) is 52.9 Å². The van der Waals surface area contributed by atoms with Crippen LogP contribution in [0.4, 0.5) is 0 Å². The molecular weight excluding hydrogens is 969 g/mol. The lowest BCUT2D eigenvalue weighted by molar-refractivity contribution is -0.155. The van der Waals surface area contributed by atoms with Gasteiger partial charge >= 0.3 is 47.8 Å². The highest BCUT2D eigenvalue weighted by Gasteiger charge is 2.33. The Kier molecular flexibility index (Phi) is 25.2. The Balaban J connectivity index is 1.34. The van der Waals surface area contributed by atoms with Crippen LogP contribution in [-0.4, -0.2) is 112 Å². The van der Waals surface area contributed by atoms with Crippen molar-refractivity contribution in [2.45, 2.75) is 84.7 Å². The molecule has 0 aliphatic heterocycles. The molecule has 0 amide bonds. The molecule has 0 radical (unpaired) electrons. The van der Waals surface area contributed by atoms with E-state index in [1.54, 1.807) is 26.0 Å². The van der Waals surface area contributed by atoms with Crippen LogP contribution in [0.1, 0.15) is 110 Å². The molecule has 4 rings (SSSR count). The van der Waals surface area contributed by atoms with Crippen molar-refractivity contribution in [1.29, 1.82) is 0 Å². The maximum atomic E-state index is 13.5. The molecule has 0 aromatic heterocycles. The number of Topliss-reactive ketones (excluding diaryl/α,β-unsaturated/α-hetero) is 1. The lowest BCUT2D eigenvalue weighted by Gasteiger charge is -2.26. The van der Waals surface area contributed by atoms with Crippen LogP contribution in [-0.2, 0) is 57.2 Å². The second-order valence-corrected chi connectivity index (χ2v) is 16.4. The summed E-state index contributed by atoms with van der Waals surface area (Å²) in [5.74, 6) is -7.17. The molecule has 0 N–H and O–H groups in total. The van der Waals surface area contributed by atoms with E-state index in [1.807, 2.05) is 0 Å². The van der Waals surface area contributed by atoms with Crippen molar-refractivity contribution in [2.24, 2.45) is 11.8 Å². The van der Waals surface area contributed by atoms with Crippen LogP contribution in [0.5, 0.6) is 28.7 Å². The van der Waals surface area contributed by atoms with Gasteiger partial charge in [-0.15, -0.1) is 0 Å². The molecule has 1 aliphatic carbocycles. The minimum atomic E-state index is -0.863. The lowest BCUT2D eigenvalue weighted by Crippen LogP contribution is -2.30. The number of rotatable bonds is 31. The van der Waals surface area contributed by atoms with Gasteiger partial charge in [0.2, 0.25) is 0 Å². The molecule has 0 spiro atoms. The Morgan fingerprint density at radius 3 is 1.72 bits per heavy atom. The van der Waals surface area contributed by atoms with Gasteiger partial charge in [0, 0.05) is 31.8 Å². The first-order chi connectivity index (χ1) is 35.6. The smallest absolute Gasteiger partial charge is 0.343 e. The van der Waals surface area contributed by atoms with E-state index >= 15 is 0 Å². The Hall–Kier alpha value is -7.71. The van der Waals surface area contributed by atoms with Gasteiger partial charge in [-0.3, -0.25) is 24.0 Å². The highest BCUT2D eigenvalue weighted by atomic mass is 16.6. The van der Waals surface area contributed by atoms with E-state index in [9.17, 15) is 43.2 Å². The molecule has 0 bridgehead atoms. The fourth-order valence-corrected chi connectivity index (χ4v) is 6.94. The summed E-state index contributed by atoms with van der Waals surface area (Å²) in [6.07, 6.45) is 2.69. The normalized spacial score (nSPS) is 14.2. The fraction of sp³-hybridized carbons (Fsp3) is 0.426. The number of benzene rings is 3. The predicted molar refractivity (Wildman–Crippen MR) is 261 cm³/mol. The molecule has 1 saturated carbocycles. The van der Waals surface area contributed by atoms with Gasteiger partial charge in [0.05, 0.1) is 62.2 Å². The number of carbonyl (C=O) groups excluding carboxylic acids is 9. The number of hydrogen-bond donors (Lipinski definition) is 0. The number of ketones is 1. The molecule has 20 nitrogen and oxygen atoms in total. The monoisotopic (exact) mass is 1030 g/mol. The van der Waals surface area contributed by atoms with Crippen LogP contribution in [0.3, 0.4) is 0 Å². The summed E-state index contributed by atoms with van der Waals surface area (Å²) >= 11 is 0. The fourth-order valence-electron chi connectivity index (χ4n) is 6.94. The maximum absolute atomic E-state index is 13.5. The molecule has 1 aliphatic rings. The summed E-state index contributed by atoms with van der Waals surface area (Å²) in [6, 6.07) is 14.0. The molecule has 3 aromatic rings. The van der Waals surface area contributed by atoms with Crippen molar-refractivity contribution in [3.05, 3.63) is 103 Å². The largest absolute Gasteiger partial charge is 0.494 e. The number of hydrogen-bond acceptors (Lipinski definition) is 20. The molecule has 20 heteroatoms. The zero-order valence-electron chi connectivity index (χ0n) is 41.8. The van der Waals surface area contributed by atoms with E-state index in [1.165, 1.54) is 55.5 Å². The molecule has 1 fully saturated rings. The number of esters is 8. The number of ether oxygens (including phenoxy) is 11. The Morgan fingerprint density at radius 2 is 1.11 bits per heavy atom. The third kappa shape index (κ3) is 20.4. The van der Waals surface area contributed by atoms with Gasteiger partial charge in [0.25, 0.3) is 0 Å². The van der Waals surface area contributed by atoms with Crippen LogP contribution < -0.4 is 23.7 Å². The van der Waals surface area contributed by atoms with E-state index < -0.39 is 77.9 Å². The van der Waals surface area contributed by atoms with Crippen molar-refractivity contribution in [3.8, 4) is 28.7 Å².